The summed E-state index contributed by atoms with van der Waals surface area (Å²) in [6.45, 7) is 0.914. The fourth-order valence-corrected chi connectivity index (χ4v) is 5.74. The van der Waals surface area contributed by atoms with Crippen LogP contribution in [0.1, 0.15) is 31.4 Å². The Labute approximate surface area is 220 Å². The number of ether oxygens (including phenoxy) is 2. The van der Waals surface area contributed by atoms with Gasteiger partial charge in [-0.3, -0.25) is 24.1 Å². The number of carboxylic acids is 2. The molecule has 1 aromatic rings. The lowest BCUT2D eigenvalue weighted by Gasteiger charge is -2.49. The Hall–Kier alpha value is -3.91. The Morgan fingerprint density at radius 2 is 1.82 bits per heavy atom. The van der Waals surface area contributed by atoms with Crippen LogP contribution < -0.4 is 10.6 Å². The lowest BCUT2D eigenvalue weighted by atomic mass is 10.0. The van der Waals surface area contributed by atoms with Gasteiger partial charge in [-0.15, -0.1) is 11.8 Å². The summed E-state index contributed by atoms with van der Waals surface area (Å²) in [6, 6.07) is 5.98. The summed E-state index contributed by atoms with van der Waals surface area (Å²) in [4.78, 5) is 74.4. The second kappa shape index (κ2) is 11.2. The first-order chi connectivity index (χ1) is 18.1. The largest absolute Gasteiger partial charge is 0.479 e. The van der Waals surface area contributed by atoms with Crippen molar-refractivity contribution in [3.8, 4) is 0 Å². The third-order valence-corrected chi connectivity index (χ3v) is 7.61. The van der Waals surface area contributed by atoms with Crippen LogP contribution in [0.2, 0.25) is 0 Å². The van der Waals surface area contributed by atoms with Crippen molar-refractivity contribution in [3.63, 3.8) is 0 Å². The molecule has 3 aliphatic rings. The van der Waals surface area contributed by atoms with Gasteiger partial charge < -0.3 is 30.3 Å². The summed E-state index contributed by atoms with van der Waals surface area (Å²) in [7, 11) is 0. The maximum atomic E-state index is 13.3. The van der Waals surface area contributed by atoms with Crippen LogP contribution in [0.3, 0.4) is 0 Å². The molecular weight excluding hydrogens is 522 g/mol. The zero-order chi connectivity index (χ0) is 27.6. The molecule has 3 aliphatic heterocycles. The van der Waals surface area contributed by atoms with E-state index in [-0.39, 0.29) is 36.5 Å². The number of nitrogens with zero attached hydrogens (tertiary/aromatic N) is 1. The van der Waals surface area contributed by atoms with Crippen LogP contribution in [0.25, 0.3) is 0 Å². The van der Waals surface area contributed by atoms with Crippen LogP contribution in [0, 0.1) is 0 Å². The normalized spacial score (nSPS) is 25.1. The summed E-state index contributed by atoms with van der Waals surface area (Å²) in [5.41, 5.74) is 0.392. The maximum absolute atomic E-state index is 13.3. The summed E-state index contributed by atoms with van der Waals surface area (Å²) in [5.74, 6) is -5.00. The predicted molar refractivity (Wildman–Crippen MR) is 129 cm³/mol. The number of benzene rings is 1. The summed E-state index contributed by atoms with van der Waals surface area (Å²) in [6.07, 6.45) is -1.84. The Bertz CT molecular complexity index is 1200. The van der Waals surface area contributed by atoms with Crippen LogP contribution in [0.15, 0.2) is 41.6 Å². The lowest BCUT2D eigenvalue weighted by molar-refractivity contribution is -0.153. The molecule has 0 bridgehead atoms. The molecule has 4 N–H and O–H groups in total. The SMILES string of the molecule is CC(=O)OCC1=C(C(=O)O)N2C(=O)[C@@H](NC(=O)C(NC(=O)C3CCC(C(=O)O)O3)c3ccccc3)[C@H]2SC1. The molecule has 2 saturated heterocycles. The van der Waals surface area contributed by atoms with E-state index in [0.29, 0.717) is 5.56 Å². The average Bonchev–Trinajstić information content (AvgIpc) is 3.39. The molecule has 13 nitrogen and oxygen atoms in total. The van der Waals surface area contributed by atoms with E-state index in [2.05, 4.69) is 10.6 Å². The highest BCUT2D eigenvalue weighted by Crippen LogP contribution is 2.40. The Balaban J connectivity index is 1.48. The zero-order valence-corrected chi connectivity index (χ0v) is 20.9. The molecule has 4 rings (SSSR count). The first-order valence-electron chi connectivity index (χ1n) is 11.7. The molecular formula is C24H25N3O10S. The van der Waals surface area contributed by atoms with Crippen LogP contribution >= 0.6 is 11.8 Å². The lowest BCUT2D eigenvalue weighted by Crippen LogP contribution is -2.71. The van der Waals surface area contributed by atoms with Crippen molar-refractivity contribution in [2.45, 2.75) is 49.4 Å². The minimum absolute atomic E-state index is 0.153. The number of esters is 1. The Kier molecular flexibility index (Phi) is 8.02. The molecule has 1 aromatic carbocycles. The molecule has 5 atom stereocenters. The molecule has 0 saturated carbocycles. The number of carbonyl (C=O) groups is 6. The third-order valence-electron chi connectivity index (χ3n) is 6.27. The van der Waals surface area contributed by atoms with E-state index in [9.17, 15) is 33.9 Å². The van der Waals surface area contributed by atoms with E-state index in [1.165, 1.54) is 18.7 Å². The van der Waals surface area contributed by atoms with E-state index in [1.54, 1.807) is 30.3 Å². The number of β-lactam (4-membered cyclic amide) rings is 1. The molecule has 3 unspecified atom stereocenters. The summed E-state index contributed by atoms with van der Waals surface area (Å²) >= 11 is 1.21. The van der Waals surface area contributed by atoms with Crippen molar-refractivity contribution in [2.24, 2.45) is 0 Å². The number of carbonyl (C=O) groups excluding carboxylic acids is 4. The van der Waals surface area contributed by atoms with Crippen molar-refractivity contribution in [2.75, 3.05) is 12.4 Å². The minimum atomic E-state index is -1.36. The number of hydrogen-bond acceptors (Lipinski definition) is 9. The van der Waals surface area contributed by atoms with Crippen molar-refractivity contribution < 1.29 is 48.5 Å². The van der Waals surface area contributed by atoms with Crippen molar-refractivity contribution in [1.29, 1.82) is 0 Å². The van der Waals surface area contributed by atoms with Gasteiger partial charge in [0.15, 0.2) is 6.10 Å². The van der Waals surface area contributed by atoms with Gasteiger partial charge in [-0.25, -0.2) is 9.59 Å². The quantitative estimate of drug-likeness (QED) is 0.236. The van der Waals surface area contributed by atoms with Crippen LogP contribution in [-0.2, 0) is 38.2 Å². The number of carboxylic acid groups (broad SMARTS) is 2. The van der Waals surface area contributed by atoms with E-state index in [1.807, 2.05) is 0 Å². The van der Waals surface area contributed by atoms with Gasteiger partial charge in [0.2, 0.25) is 11.8 Å². The number of nitrogens with one attached hydrogen (secondary N) is 2. The fourth-order valence-electron chi connectivity index (χ4n) is 4.41. The molecule has 38 heavy (non-hydrogen) atoms. The number of fused-ring (bicyclic) bond motifs is 1. The number of thioether (sulfide) groups is 1. The van der Waals surface area contributed by atoms with E-state index >= 15 is 0 Å². The van der Waals surface area contributed by atoms with Gasteiger partial charge in [-0.1, -0.05) is 30.3 Å². The molecule has 0 aliphatic carbocycles. The third kappa shape index (κ3) is 5.50. The smallest absolute Gasteiger partial charge is 0.352 e. The van der Waals surface area contributed by atoms with Gasteiger partial charge in [-0.05, 0) is 18.4 Å². The fraction of sp³-hybridized carbons (Fsp3) is 0.417. The van der Waals surface area contributed by atoms with Crippen molar-refractivity contribution in [1.82, 2.24) is 15.5 Å². The molecule has 202 valence electrons. The van der Waals surface area contributed by atoms with Gasteiger partial charge in [0, 0.05) is 18.2 Å². The monoisotopic (exact) mass is 547 g/mol. The minimum Gasteiger partial charge on any atom is -0.479 e. The summed E-state index contributed by atoms with van der Waals surface area (Å²) in [5, 5.41) is 23.3. The standard InChI is InChI=1S/C24H25N3O10S/c1-11(28)36-9-13-10-38-22-17(21(31)27(22)18(13)24(34)35)26-20(30)16(12-5-3-2-4-6-12)25-19(29)14-7-8-15(37-14)23(32)33/h2-6,14-17,22H,7-10H2,1H3,(H,25,29)(H,26,30)(H,32,33)(H,34,35)/t14?,15?,16?,17-,22-/m1/s1. The van der Waals surface area contributed by atoms with Gasteiger partial charge in [0.1, 0.15) is 35.9 Å². The Morgan fingerprint density at radius 1 is 1.13 bits per heavy atom. The van der Waals surface area contributed by atoms with Crippen LogP contribution in [0.4, 0.5) is 0 Å². The molecule has 3 heterocycles. The van der Waals surface area contributed by atoms with E-state index < -0.39 is 65.3 Å². The maximum Gasteiger partial charge on any atom is 0.352 e. The van der Waals surface area contributed by atoms with E-state index in [4.69, 9.17) is 14.6 Å². The highest BCUT2D eigenvalue weighted by atomic mass is 32.2. The first kappa shape index (κ1) is 27.1. The molecule has 3 amide bonds. The van der Waals surface area contributed by atoms with Gasteiger partial charge >= 0.3 is 17.9 Å². The van der Waals surface area contributed by atoms with Crippen molar-refractivity contribution in [3.05, 3.63) is 47.2 Å². The molecule has 2 fully saturated rings. The van der Waals surface area contributed by atoms with Gasteiger partial charge in [-0.2, -0.15) is 0 Å². The van der Waals surface area contributed by atoms with Gasteiger partial charge in [0.25, 0.3) is 5.91 Å². The second-order valence-electron chi connectivity index (χ2n) is 8.81. The topological polar surface area (TPSA) is 189 Å². The number of amides is 3. The number of rotatable bonds is 9. The zero-order valence-electron chi connectivity index (χ0n) is 20.1. The first-order valence-corrected chi connectivity index (χ1v) is 12.7. The highest BCUT2D eigenvalue weighted by Gasteiger charge is 2.54. The second-order valence-corrected chi connectivity index (χ2v) is 9.92. The number of aliphatic carboxylic acids is 2. The van der Waals surface area contributed by atoms with Crippen LogP contribution in [0.5, 0.6) is 0 Å². The van der Waals surface area contributed by atoms with Crippen molar-refractivity contribution >= 4 is 47.4 Å². The summed E-state index contributed by atoms with van der Waals surface area (Å²) < 4.78 is 10.2. The van der Waals surface area contributed by atoms with E-state index in [0.717, 1.165) is 4.90 Å². The molecule has 0 aromatic heterocycles. The number of hydrogen-bond donors (Lipinski definition) is 4. The van der Waals surface area contributed by atoms with Gasteiger partial charge in [0.05, 0.1) is 0 Å². The molecule has 0 radical (unpaired) electrons. The average molecular weight is 548 g/mol. The molecule has 14 heteroatoms. The van der Waals surface area contributed by atoms with Crippen LogP contribution in [-0.4, -0.2) is 86.7 Å². The highest BCUT2D eigenvalue weighted by molar-refractivity contribution is 8.00. The molecule has 0 spiro atoms. The Morgan fingerprint density at radius 3 is 2.42 bits per heavy atom. The predicted octanol–water partition coefficient (Wildman–Crippen LogP) is -0.222.